The van der Waals surface area contributed by atoms with Crippen LogP contribution in [0.1, 0.15) is 31.9 Å². The Bertz CT molecular complexity index is 422. The van der Waals surface area contributed by atoms with Crippen LogP contribution in [0.25, 0.3) is 0 Å². The zero-order valence-corrected chi connectivity index (χ0v) is 13.1. The first-order valence-electron chi connectivity index (χ1n) is 7.39. The second kappa shape index (κ2) is 7.81. The van der Waals surface area contributed by atoms with E-state index in [4.69, 9.17) is 21.3 Å². The van der Waals surface area contributed by atoms with Crippen molar-refractivity contribution in [2.45, 2.75) is 38.8 Å². The van der Waals surface area contributed by atoms with Crippen molar-refractivity contribution in [3.05, 3.63) is 22.8 Å². The van der Waals surface area contributed by atoms with Gasteiger partial charge in [0.1, 0.15) is 5.82 Å². The van der Waals surface area contributed by atoms with Gasteiger partial charge in [0.2, 0.25) is 0 Å². The number of aromatic nitrogens is 1. The van der Waals surface area contributed by atoms with Gasteiger partial charge in [-0.2, -0.15) is 0 Å². The van der Waals surface area contributed by atoms with E-state index >= 15 is 0 Å². The second-order valence-corrected chi connectivity index (χ2v) is 5.64. The molecule has 1 aliphatic heterocycles. The summed E-state index contributed by atoms with van der Waals surface area (Å²) >= 11 is 6.22. The standard InChI is InChI=1S/C15H24ClN3O/c1-3-8-17-11-14-13(16)4-5-15(18-14)19(2)12-6-9-20-10-7-12/h4-5,12,17H,3,6-11H2,1-2H3. The number of pyridine rings is 1. The van der Waals surface area contributed by atoms with Crippen molar-refractivity contribution in [2.75, 3.05) is 31.7 Å². The first-order chi connectivity index (χ1) is 9.72. The van der Waals surface area contributed by atoms with Crippen molar-refractivity contribution in [3.8, 4) is 0 Å². The Labute approximate surface area is 126 Å². The van der Waals surface area contributed by atoms with E-state index in [0.29, 0.717) is 6.04 Å². The number of anilines is 1. The molecule has 2 rings (SSSR count). The lowest BCUT2D eigenvalue weighted by Crippen LogP contribution is -2.37. The molecule has 0 amide bonds. The van der Waals surface area contributed by atoms with E-state index in [1.165, 1.54) is 0 Å². The lowest BCUT2D eigenvalue weighted by Gasteiger charge is -2.32. The maximum atomic E-state index is 6.22. The summed E-state index contributed by atoms with van der Waals surface area (Å²) in [6, 6.07) is 4.46. The summed E-state index contributed by atoms with van der Waals surface area (Å²) in [4.78, 5) is 6.96. The van der Waals surface area contributed by atoms with Crippen LogP contribution in [0.3, 0.4) is 0 Å². The fourth-order valence-electron chi connectivity index (χ4n) is 2.44. The average Bonchev–Trinajstić information content (AvgIpc) is 2.49. The third-order valence-electron chi connectivity index (χ3n) is 3.72. The number of halogens is 1. The van der Waals surface area contributed by atoms with Crippen LogP contribution in [0.4, 0.5) is 5.82 Å². The molecule has 0 unspecified atom stereocenters. The normalized spacial score (nSPS) is 16.4. The second-order valence-electron chi connectivity index (χ2n) is 5.23. The summed E-state index contributed by atoms with van der Waals surface area (Å²) in [6.45, 7) is 5.54. The van der Waals surface area contributed by atoms with Crippen molar-refractivity contribution in [2.24, 2.45) is 0 Å². The van der Waals surface area contributed by atoms with Crippen molar-refractivity contribution < 1.29 is 4.74 Å². The fourth-order valence-corrected chi connectivity index (χ4v) is 2.61. The highest BCUT2D eigenvalue weighted by Gasteiger charge is 2.20. The minimum absolute atomic E-state index is 0.508. The lowest BCUT2D eigenvalue weighted by atomic mass is 10.1. The Morgan fingerprint density at radius 2 is 2.15 bits per heavy atom. The summed E-state index contributed by atoms with van der Waals surface area (Å²) in [6.07, 6.45) is 3.23. The van der Waals surface area contributed by atoms with Crippen LogP contribution in [0.2, 0.25) is 5.02 Å². The first-order valence-corrected chi connectivity index (χ1v) is 7.77. The SMILES string of the molecule is CCCNCc1nc(N(C)C2CCOCC2)ccc1Cl. The van der Waals surface area contributed by atoms with Crippen molar-refractivity contribution in [3.63, 3.8) is 0 Å². The van der Waals surface area contributed by atoms with Crippen LogP contribution in [0, 0.1) is 0 Å². The van der Waals surface area contributed by atoms with Crippen LogP contribution in [0.5, 0.6) is 0 Å². The van der Waals surface area contributed by atoms with Crippen LogP contribution >= 0.6 is 11.6 Å². The quantitative estimate of drug-likeness (QED) is 0.819. The number of nitrogens with one attached hydrogen (secondary N) is 1. The topological polar surface area (TPSA) is 37.4 Å². The van der Waals surface area contributed by atoms with Gasteiger partial charge in [0, 0.05) is 32.8 Å². The van der Waals surface area contributed by atoms with Crippen LogP contribution in [0.15, 0.2) is 12.1 Å². The molecule has 0 bridgehead atoms. The molecule has 0 saturated carbocycles. The molecule has 2 heterocycles. The highest BCUT2D eigenvalue weighted by molar-refractivity contribution is 6.31. The predicted octanol–water partition coefficient (Wildman–Crippen LogP) is 2.85. The number of hydrogen-bond acceptors (Lipinski definition) is 4. The number of rotatable bonds is 6. The molecule has 0 spiro atoms. The molecule has 4 nitrogen and oxygen atoms in total. The summed E-state index contributed by atoms with van der Waals surface area (Å²) in [7, 11) is 2.11. The Morgan fingerprint density at radius 3 is 2.85 bits per heavy atom. The highest BCUT2D eigenvalue weighted by Crippen LogP contribution is 2.23. The maximum Gasteiger partial charge on any atom is 0.128 e. The molecular weight excluding hydrogens is 274 g/mol. The average molecular weight is 298 g/mol. The molecule has 112 valence electrons. The fraction of sp³-hybridized carbons (Fsp3) is 0.667. The number of hydrogen-bond donors (Lipinski definition) is 1. The minimum Gasteiger partial charge on any atom is -0.381 e. The Hall–Kier alpha value is -0.840. The molecule has 1 fully saturated rings. The monoisotopic (exact) mass is 297 g/mol. The Balaban J connectivity index is 2.05. The molecule has 0 aliphatic carbocycles. The largest absolute Gasteiger partial charge is 0.381 e. The molecule has 1 N–H and O–H groups in total. The van der Waals surface area contributed by atoms with Gasteiger partial charge in [-0.15, -0.1) is 0 Å². The van der Waals surface area contributed by atoms with Crippen molar-refractivity contribution >= 4 is 17.4 Å². The summed E-state index contributed by atoms with van der Waals surface area (Å²) < 4.78 is 5.42. The first kappa shape index (κ1) is 15.5. The van der Waals surface area contributed by atoms with Crippen molar-refractivity contribution in [1.29, 1.82) is 0 Å². The maximum absolute atomic E-state index is 6.22. The van der Waals surface area contributed by atoms with Gasteiger partial charge in [-0.3, -0.25) is 0 Å². The van der Waals surface area contributed by atoms with Crippen LogP contribution < -0.4 is 10.2 Å². The summed E-state index contributed by atoms with van der Waals surface area (Å²) in [5, 5.41) is 4.09. The minimum atomic E-state index is 0.508. The zero-order valence-electron chi connectivity index (χ0n) is 12.4. The molecule has 0 atom stereocenters. The highest BCUT2D eigenvalue weighted by atomic mass is 35.5. The summed E-state index contributed by atoms with van der Waals surface area (Å²) in [5.74, 6) is 0.995. The Morgan fingerprint density at radius 1 is 1.40 bits per heavy atom. The van der Waals surface area contributed by atoms with E-state index in [1.54, 1.807) is 0 Å². The van der Waals surface area contributed by atoms with E-state index in [9.17, 15) is 0 Å². The van der Waals surface area contributed by atoms with Gasteiger partial charge in [0.25, 0.3) is 0 Å². The van der Waals surface area contributed by atoms with Gasteiger partial charge in [0.05, 0.1) is 10.7 Å². The van der Waals surface area contributed by atoms with Crippen LogP contribution in [-0.4, -0.2) is 37.8 Å². The summed E-state index contributed by atoms with van der Waals surface area (Å²) in [5.41, 5.74) is 0.927. The third-order valence-corrected chi connectivity index (χ3v) is 4.07. The smallest absolute Gasteiger partial charge is 0.128 e. The predicted molar refractivity (Wildman–Crippen MR) is 83.5 cm³/mol. The van der Waals surface area contributed by atoms with E-state index < -0.39 is 0 Å². The lowest BCUT2D eigenvalue weighted by molar-refractivity contribution is 0.0853. The van der Waals surface area contributed by atoms with E-state index in [-0.39, 0.29) is 0 Å². The molecule has 0 aromatic carbocycles. The molecular formula is C15H24ClN3O. The van der Waals surface area contributed by atoms with Gasteiger partial charge < -0.3 is 15.0 Å². The molecule has 20 heavy (non-hydrogen) atoms. The number of ether oxygens (including phenoxy) is 1. The molecule has 0 radical (unpaired) electrons. The van der Waals surface area contributed by atoms with E-state index in [1.807, 2.05) is 12.1 Å². The van der Waals surface area contributed by atoms with Gasteiger partial charge in [-0.05, 0) is 37.9 Å². The number of nitrogens with zero attached hydrogens (tertiary/aromatic N) is 2. The molecule has 1 saturated heterocycles. The van der Waals surface area contributed by atoms with Gasteiger partial charge in [-0.1, -0.05) is 18.5 Å². The van der Waals surface area contributed by atoms with Crippen molar-refractivity contribution in [1.82, 2.24) is 10.3 Å². The van der Waals surface area contributed by atoms with E-state index in [2.05, 4.69) is 24.2 Å². The van der Waals surface area contributed by atoms with Crippen LogP contribution in [-0.2, 0) is 11.3 Å². The van der Waals surface area contributed by atoms with E-state index in [0.717, 1.165) is 62.1 Å². The molecule has 1 aromatic rings. The third kappa shape index (κ3) is 4.08. The Kier molecular flexibility index (Phi) is 6.07. The van der Waals surface area contributed by atoms with Gasteiger partial charge >= 0.3 is 0 Å². The molecule has 1 aromatic heterocycles. The zero-order chi connectivity index (χ0) is 14.4. The van der Waals surface area contributed by atoms with Gasteiger partial charge in [-0.25, -0.2) is 4.98 Å². The van der Waals surface area contributed by atoms with Gasteiger partial charge in [0.15, 0.2) is 0 Å². The molecule has 1 aliphatic rings. The molecule has 5 heteroatoms.